The van der Waals surface area contributed by atoms with Gasteiger partial charge in [0, 0.05) is 24.9 Å². The molecule has 1 N–H and O–H groups in total. The lowest BCUT2D eigenvalue weighted by molar-refractivity contribution is -0.383. The van der Waals surface area contributed by atoms with E-state index in [1.807, 2.05) is 18.7 Å². The maximum absolute atomic E-state index is 14.3. The van der Waals surface area contributed by atoms with Crippen molar-refractivity contribution in [3.8, 4) is 0 Å². The molecule has 1 fully saturated rings. The molecule has 11 heteroatoms. The summed E-state index contributed by atoms with van der Waals surface area (Å²) in [6.45, 7) is 6.82. The third-order valence-corrected chi connectivity index (χ3v) is 5.48. The van der Waals surface area contributed by atoms with Gasteiger partial charge >= 0.3 is 5.69 Å². The molecule has 0 amide bonds. The fraction of sp³-hybridized carbons (Fsp3) is 0.429. The van der Waals surface area contributed by atoms with Gasteiger partial charge in [-0.05, 0) is 37.5 Å². The van der Waals surface area contributed by atoms with Crippen molar-refractivity contribution in [3.63, 3.8) is 0 Å². The highest BCUT2D eigenvalue weighted by molar-refractivity contribution is 5.74. The summed E-state index contributed by atoms with van der Waals surface area (Å²) in [7, 11) is 0. The fourth-order valence-corrected chi connectivity index (χ4v) is 3.70. The first-order valence-corrected chi connectivity index (χ1v) is 10.4. The molecule has 0 unspecified atom stereocenters. The van der Waals surface area contributed by atoms with Gasteiger partial charge in [-0.25, -0.2) is 14.4 Å². The minimum absolute atomic E-state index is 0.0525. The summed E-state index contributed by atoms with van der Waals surface area (Å²) in [5.41, 5.74) is 0.570. The first-order valence-electron chi connectivity index (χ1n) is 10.4. The van der Waals surface area contributed by atoms with Gasteiger partial charge in [0.05, 0.1) is 10.6 Å². The van der Waals surface area contributed by atoms with E-state index in [9.17, 15) is 14.5 Å². The van der Waals surface area contributed by atoms with Crippen molar-refractivity contribution in [1.82, 2.24) is 20.1 Å². The van der Waals surface area contributed by atoms with Crippen molar-refractivity contribution < 1.29 is 13.8 Å². The summed E-state index contributed by atoms with van der Waals surface area (Å²) in [5, 5.41) is 18.7. The number of nitrogens with zero attached hydrogens (tertiary/aromatic N) is 6. The lowest BCUT2D eigenvalue weighted by Crippen LogP contribution is -2.34. The Morgan fingerprint density at radius 3 is 2.66 bits per heavy atom. The van der Waals surface area contributed by atoms with E-state index >= 15 is 0 Å². The van der Waals surface area contributed by atoms with E-state index in [1.165, 1.54) is 18.5 Å². The Morgan fingerprint density at radius 1 is 1.28 bits per heavy atom. The van der Waals surface area contributed by atoms with Crippen molar-refractivity contribution in [1.29, 1.82) is 0 Å². The molecule has 0 spiro atoms. The second kappa shape index (κ2) is 8.85. The van der Waals surface area contributed by atoms with Gasteiger partial charge in [-0.15, -0.1) is 0 Å². The van der Waals surface area contributed by atoms with Crippen molar-refractivity contribution in [2.24, 2.45) is 0 Å². The van der Waals surface area contributed by atoms with Crippen LogP contribution in [-0.2, 0) is 0 Å². The number of hydrogen-bond acceptors (Lipinski definition) is 9. The van der Waals surface area contributed by atoms with E-state index in [1.54, 1.807) is 13.0 Å². The lowest BCUT2D eigenvalue weighted by Gasteiger charge is -2.30. The number of benzene rings is 1. The van der Waals surface area contributed by atoms with Crippen LogP contribution < -0.4 is 10.2 Å². The second-order valence-corrected chi connectivity index (χ2v) is 8.17. The molecule has 168 valence electrons. The number of aromatic nitrogens is 4. The van der Waals surface area contributed by atoms with Gasteiger partial charge < -0.3 is 14.7 Å². The van der Waals surface area contributed by atoms with Crippen LogP contribution in [0.25, 0.3) is 0 Å². The normalized spacial score (nSPS) is 14.7. The lowest BCUT2D eigenvalue weighted by atomic mass is 9.96. The van der Waals surface area contributed by atoms with Crippen LogP contribution in [0.2, 0.25) is 0 Å². The second-order valence-electron chi connectivity index (χ2n) is 8.17. The molecule has 0 radical (unpaired) electrons. The number of piperidine rings is 1. The van der Waals surface area contributed by atoms with Crippen LogP contribution in [0.1, 0.15) is 55.8 Å². The van der Waals surface area contributed by atoms with Crippen LogP contribution in [-0.4, -0.2) is 38.1 Å². The Labute approximate surface area is 184 Å². The fourth-order valence-electron chi connectivity index (χ4n) is 3.70. The van der Waals surface area contributed by atoms with Gasteiger partial charge in [0.25, 0.3) is 0 Å². The average molecular weight is 441 g/mol. The number of aryl methyl sites for hydroxylation is 1. The predicted molar refractivity (Wildman–Crippen MR) is 116 cm³/mol. The van der Waals surface area contributed by atoms with E-state index in [2.05, 4.69) is 25.4 Å². The predicted octanol–water partition coefficient (Wildman–Crippen LogP) is 4.47. The molecule has 10 nitrogen and oxygen atoms in total. The van der Waals surface area contributed by atoms with Gasteiger partial charge in [0.2, 0.25) is 17.5 Å². The molecule has 1 aliphatic heterocycles. The zero-order valence-electron chi connectivity index (χ0n) is 18.1. The minimum atomic E-state index is -0.539. The molecule has 3 heterocycles. The van der Waals surface area contributed by atoms with Crippen molar-refractivity contribution >= 4 is 23.0 Å². The first kappa shape index (κ1) is 21.6. The molecule has 1 aromatic carbocycles. The molecule has 4 rings (SSSR count). The topological polar surface area (TPSA) is 123 Å². The van der Waals surface area contributed by atoms with E-state index < -0.39 is 10.7 Å². The summed E-state index contributed by atoms with van der Waals surface area (Å²) in [6.07, 6.45) is 2.63. The molecule has 0 atom stereocenters. The van der Waals surface area contributed by atoms with Crippen LogP contribution in [0.3, 0.4) is 0 Å². The largest absolute Gasteiger partial charge is 0.353 e. The summed E-state index contributed by atoms with van der Waals surface area (Å²) < 4.78 is 19.7. The van der Waals surface area contributed by atoms with Crippen LogP contribution in [0.5, 0.6) is 0 Å². The standard InChI is InChI=1S/C21H24FN7O3/c1-12(2)18-26-21(32-27-18)14-6-8-28(9-7-14)20-17(29(30)31)19(23-11-24-20)25-16-5-4-13(3)10-15(16)22/h4-5,10-12,14H,6-9H2,1-3H3,(H,23,24,25). The van der Waals surface area contributed by atoms with Crippen LogP contribution in [0, 0.1) is 22.9 Å². The first-order chi connectivity index (χ1) is 15.3. The molecular weight excluding hydrogens is 417 g/mol. The molecule has 32 heavy (non-hydrogen) atoms. The maximum atomic E-state index is 14.3. The van der Waals surface area contributed by atoms with Gasteiger partial charge in [-0.3, -0.25) is 10.1 Å². The van der Waals surface area contributed by atoms with Crippen LogP contribution in [0.4, 0.5) is 27.4 Å². The van der Waals surface area contributed by atoms with Gasteiger partial charge in [-0.1, -0.05) is 25.1 Å². The number of hydrogen-bond donors (Lipinski definition) is 1. The zero-order valence-corrected chi connectivity index (χ0v) is 18.1. The van der Waals surface area contributed by atoms with Crippen LogP contribution >= 0.6 is 0 Å². The Hall–Kier alpha value is -3.63. The average Bonchev–Trinajstić information content (AvgIpc) is 3.26. The SMILES string of the molecule is Cc1ccc(Nc2ncnc(N3CCC(c4nc(C(C)C)no4)CC3)c2[N+](=O)[O-])c(F)c1. The molecule has 1 saturated heterocycles. The summed E-state index contributed by atoms with van der Waals surface area (Å²) >= 11 is 0. The molecule has 0 bridgehead atoms. The van der Waals surface area contributed by atoms with Gasteiger partial charge in [0.1, 0.15) is 12.1 Å². The van der Waals surface area contributed by atoms with E-state index in [4.69, 9.17) is 4.52 Å². The molecule has 1 aliphatic rings. The zero-order chi connectivity index (χ0) is 22.8. The maximum Gasteiger partial charge on any atom is 0.353 e. The van der Waals surface area contributed by atoms with E-state index in [-0.39, 0.29) is 34.8 Å². The summed E-state index contributed by atoms with van der Waals surface area (Å²) in [5.74, 6) is 1.18. The minimum Gasteiger partial charge on any atom is -0.351 e. The Kier molecular flexibility index (Phi) is 5.97. The van der Waals surface area contributed by atoms with Crippen molar-refractivity contribution in [3.05, 3.63) is 57.7 Å². The third kappa shape index (κ3) is 4.36. The van der Waals surface area contributed by atoms with Crippen molar-refractivity contribution in [2.75, 3.05) is 23.3 Å². The van der Waals surface area contributed by atoms with Gasteiger partial charge in [-0.2, -0.15) is 4.98 Å². The highest BCUT2D eigenvalue weighted by Gasteiger charge is 2.32. The number of halogens is 1. The number of nitro groups is 1. The molecule has 3 aromatic rings. The summed E-state index contributed by atoms with van der Waals surface area (Å²) in [6, 6.07) is 4.59. The van der Waals surface area contributed by atoms with Crippen LogP contribution in [0.15, 0.2) is 29.0 Å². The molecule has 0 saturated carbocycles. The Bertz CT molecular complexity index is 1130. The molecule has 0 aliphatic carbocycles. The van der Waals surface area contributed by atoms with Crippen molar-refractivity contribution in [2.45, 2.75) is 45.4 Å². The highest BCUT2D eigenvalue weighted by Crippen LogP contribution is 2.37. The van der Waals surface area contributed by atoms with Gasteiger partial charge in [0.15, 0.2) is 5.82 Å². The van der Waals surface area contributed by atoms with E-state index in [0.29, 0.717) is 37.6 Å². The monoisotopic (exact) mass is 441 g/mol. The highest BCUT2D eigenvalue weighted by atomic mass is 19.1. The third-order valence-electron chi connectivity index (χ3n) is 5.48. The Balaban J connectivity index is 1.55. The number of rotatable bonds is 6. The Morgan fingerprint density at radius 2 is 2.03 bits per heavy atom. The number of nitrogens with one attached hydrogen (secondary N) is 1. The quantitative estimate of drug-likeness (QED) is 0.436. The summed E-state index contributed by atoms with van der Waals surface area (Å²) in [4.78, 5) is 25.9. The molecule has 2 aromatic heterocycles. The number of anilines is 3. The smallest absolute Gasteiger partial charge is 0.351 e. The molecular formula is C21H24FN7O3. The van der Waals surface area contributed by atoms with E-state index in [0.717, 1.165) is 5.56 Å².